The number of benzene rings is 1. The maximum Gasteiger partial charge on any atom is 0.435 e. The van der Waals surface area contributed by atoms with Gasteiger partial charge in [-0.1, -0.05) is 17.7 Å². The van der Waals surface area contributed by atoms with Gasteiger partial charge in [-0.25, -0.2) is 14.6 Å². The van der Waals surface area contributed by atoms with Gasteiger partial charge in [0.05, 0.1) is 16.7 Å². The molecular formula is C17H10ClF3N6. The third kappa shape index (κ3) is 3.17. The molecule has 0 unspecified atom stereocenters. The number of pyridine rings is 1. The molecule has 3 aromatic heterocycles. The molecule has 0 bridgehead atoms. The number of fused-ring (bicyclic) bond motifs is 1. The number of aromatic nitrogens is 5. The fourth-order valence-corrected chi connectivity index (χ4v) is 2.91. The lowest BCUT2D eigenvalue weighted by atomic mass is 10.1. The van der Waals surface area contributed by atoms with Crippen LogP contribution in [0.15, 0.2) is 48.9 Å². The quantitative estimate of drug-likeness (QED) is 0.556. The zero-order valence-electron chi connectivity index (χ0n) is 13.4. The van der Waals surface area contributed by atoms with Gasteiger partial charge in [0, 0.05) is 23.3 Å². The maximum absolute atomic E-state index is 12.9. The lowest BCUT2D eigenvalue weighted by molar-refractivity contribution is -0.141. The summed E-state index contributed by atoms with van der Waals surface area (Å²) in [5, 5.41) is 4.68. The Hall–Kier alpha value is -3.20. The number of alkyl halides is 3. The number of hydrogen-bond acceptors (Lipinski definition) is 5. The molecule has 0 atom stereocenters. The van der Waals surface area contributed by atoms with Gasteiger partial charge in [-0.2, -0.15) is 18.3 Å². The molecule has 0 aliphatic heterocycles. The maximum atomic E-state index is 12.9. The van der Waals surface area contributed by atoms with E-state index in [4.69, 9.17) is 17.3 Å². The van der Waals surface area contributed by atoms with E-state index in [1.165, 1.54) is 6.20 Å². The van der Waals surface area contributed by atoms with Crippen LogP contribution in [0.4, 0.5) is 19.0 Å². The third-order valence-electron chi connectivity index (χ3n) is 3.80. The second kappa shape index (κ2) is 6.20. The summed E-state index contributed by atoms with van der Waals surface area (Å²) < 4.78 is 39.6. The second-order valence-corrected chi connectivity index (χ2v) is 6.05. The highest BCUT2D eigenvalue weighted by molar-refractivity contribution is 6.35. The van der Waals surface area contributed by atoms with Crippen molar-refractivity contribution in [2.24, 2.45) is 0 Å². The number of nitrogens with two attached hydrogens (primary N) is 1. The van der Waals surface area contributed by atoms with Crippen molar-refractivity contribution in [1.82, 2.24) is 24.7 Å². The van der Waals surface area contributed by atoms with Crippen LogP contribution in [0.1, 0.15) is 5.69 Å². The minimum absolute atomic E-state index is 0.0476. The number of hydrogen-bond donors (Lipinski definition) is 1. The molecule has 2 N–H and O–H groups in total. The van der Waals surface area contributed by atoms with Crippen LogP contribution in [-0.2, 0) is 6.18 Å². The normalized spacial score (nSPS) is 11.9. The van der Waals surface area contributed by atoms with Crippen molar-refractivity contribution in [3.05, 3.63) is 59.6 Å². The van der Waals surface area contributed by atoms with E-state index >= 15 is 0 Å². The number of nitrogen functional groups attached to an aromatic ring is 1. The van der Waals surface area contributed by atoms with Gasteiger partial charge in [-0.05, 0) is 24.3 Å². The summed E-state index contributed by atoms with van der Waals surface area (Å²) in [6, 6.07) is 7.81. The van der Waals surface area contributed by atoms with E-state index in [2.05, 4.69) is 20.1 Å². The molecule has 27 heavy (non-hydrogen) atoms. The SMILES string of the molecule is Nc1cnc(-c2cc(Cl)c3ncccc3c2)c(-n2ccc(C(F)(F)F)n2)n1. The molecule has 4 rings (SSSR count). The lowest BCUT2D eigenvalue weighted by Gasteiger charge is -2.10. The van der Waals surface area contributed by atoms with Gasteiger partial charge in [0.2, 0.25) is 0 Å². The largest absolute Gasteiger partial charge is 0.435 e. The predicted molar refractivity (Wildman–Crippen MR) is 94.3 cm³/mol. The first-order chi connectivity index (χ1) is 12.8. The predicted octanol–water partition coefficient (Wildman–Crippen LogP) is 4.13. The highest BCUT2D eigenvalue weighted by Crippen LogP contribution is 2.32. The van der Waals surface area contributed by atoms with Gasteiger partial charge in [-0.15, -0.1) is 0 Å². The second-order valence-electron chi connectivity index (χ2n) is 5.64. The molecule has 1 aromatic carbocycles. The molecule has 0 aliphatic carbocycles. The Labute approximate surface area is 155 Å². The van der Waals surface area contributed by atoms with E-state index in [1.54, 1.807) is 24.4 Å². The van der Waals surface area contributed by atoms with E-state index in [-0.39, 0.29) is 17.3 Å². The third-order valence-corrected chi connectivity index (χ3v) is 4.09. The molecule has 0 saturated heterocycles. The molecular weight excluding hydrogens is 381 g/mol. The Kier molecular flexibility index (Phi) is 3.96. The highest BCUT2D eigenvalue weighted by Gasteiger charge is 2.34. The van der Waals surface area contributed by atoms with Crippen molar-refractivity contribution >= 4 is 28.3 Å². The van der Waals surface area contributed by atoms with Crippen LogP contribution in [0.25, 0.3) is 28.0 Å². The molecule has 136 valence electrons. The topological polar surface area (TPSA) is 82.5 Å². The average Bonchev–Trinajstić information content (AvgIpc) is 3.12. The molecule has 6 nitrogen and oxygen atoms in total. The van der Waals surface area contributed by atoms with Gasteiger partial charge in [0.15, 0.2) is 11.5 Å². The van der Waals surface area contributed by atoms with Crippen LogP contribution >= 0.6 is 11.6 Å². The first kappa shape index (κ1) is 17.2. The summed E-state index contributed by atoms with van der Waals surface area (Å²) in [5.74, 6) is 0.108. The minimum atomic E-state index is -4.57. The molecule has 0 spiro atoms. The van der Waals surface area contributed by atoms with Crippen molar-refractivity contribution in [1.29, 1.82) is 0 Å². The van der Waals surface area contributed by atoms with Crippen LogP contribution in [0.3, 0.4) is 0 Å². The Morgan fingerprint density at radius 3 is 2.67 bits per heavy atom. The fourth-order valence-electron chi connectivity index (χ4n) is 2.63. The summed E-state index contributed by atoms with van der Waals surface area (Å²) in [4.78, 5) is 12.6. The van der Waals surface area contributed by atoms with Crippen LogP contribution in [0.2, 0.25) is 5.02 Å². The zero-order valence-corrected chi connectivity index (χ0v) is 14.2. The van der Waals surface area contributed by atoms with Crippen LogP contribution in [0.5, 0.6) is 0 Å². The van der Waals surface area contributed by atoms with Crippen molar-refractivity contribution in [2.45, 2.75) is 6.18 Å². The summed E-state index contributed by atoms with van der Waals surface area (Å²) in [7, 11) is 0. The summed E-state index contributed by atoms with van der Waals surface area (Å²) in [6.45, 7) is 0. The highest BCUT2D eigenvalue weighted by atomic mass is 35.5. The Morgan fingerprint density at radius 1 is 1.11 bits per heavy atom. The van der Waals surface area contributed by atoms with Gasteiger partial charge >= 0.3 is 6.18 Å². The van der Waals surface area contributed by atoms with Crippen LogP contribution in [0, 0.1) is 0 Å². The summed E-state index contributed by atoms with van der Waals surface area (Å²) in [5.41, 5.74) is 6.08. The monoisotopic (exact) mass is 390 g/mol. The molecule has 0 radical (unpaired) electrons. The van der Waals surface area contributed by atoms with E-state index in [1.807, 2.05) is 6.07 Å². The lowest BCUT2D eigenvalue weighted by Crippen LogP contribution is -2.09. The van der Waals surface area contributed by atoms with E-state index in [0.717, 1.165) is 22.3 Å². The molecule has 3 heterocycles. The standard InChI is InChI=1S/C17H10ClF3N6/c18-11-7-10(6-9-2-1-4-23-14(9)11)15-16(25-13(22)8-24-15)27-5-3-12(26-27)17(19,20)21/h1-8H,(H2,22,25). The Morgan fingerprint density at radius 2 is 1.93 bits per heavy atom. The zero-order chi connectivity index (χ0) is 19.2. The van der Waals surface area contributed by atoms with Crippen molar-refractivity contribution in [2.75, 3.05) is 5.73 Å². The molecule has 0 saturated carbocycles. The smallest absolute Gasteiger partial charge is 0.382 e. The molecule has 0 aliphatic rings. The number of anilines is 1. The van der Waals surface area contributed by atoms with Crippen molar-refractivity contribution in [3.8, 4) is 17.1 Å². The molecule has 4 aromatic rings. The summed E-state index contributed by atoms with van der Waals surface area (Å²) in [6.07, 6.45) is -0.490. The first-order valence-corrected chi connectivity index (χ1v) is 8.01. The Bertz CT molecular complexity index is 1160. The van der Waals surface area contributed by atoms with Crippen LogP contribution < -0.4 is 5.73 Å². The van der Waals surface area contributed by atoms with Crippen molar-refractivity contribution in [3.63, 3.8) is 0 Å². The van der Waals surface area contributed by atoms with E-state index < -0.39 is 11.9 Å². The van der Waals surface area contributed by atoms with Gasteiger partial charge in [0.25, 0.3) is 0 Å². The Balaban J connectivity index is 1.91. The molecule has 0 amide bonds. The minimum Gasteiger partial charge on any atom is -0.382 e. The van der Waals surface area contributed by atoms with Gasteiger partial charge in [-0.3, -0.25) is 4.98 Å². The van der Waals surface area contributed by atoms with Gasteiger partial charge in [0.1, 0.15) is 11.5 Å². The van der Waals surface area contributed by atoms with E-state index in [0.29, 0.717) is 16.1 Å². The average molecular weight is 391 g/mol. The molecule has 0 fully saturated rings. The number of halogens is 4. The number of nitrogens with zero attached hydrogens (tertiary/aromatic N) is 5. The summed E-state index contributed by atoms with van der Waals surface area (Å²) >= 11 is 6.30. The van der Waals surface area contributed by atoms with Crippen LogP contribution in [-0.4, -0.2) is 24.7 Å². The fraction of sp³-hybridized carbons (Fsp3) is 0.0588. The first-order valence-electron chi connectivity index (χ1n) is 7.63. The van der Waals surface area contributed by atoms with Gasteiger partial charge < -0.3 is 5.73 Å². The molecule has 10 heteroatoms. The van der Waals surface area contributed by atoms with E-state index in [9.17, 15) is 13.2 Å². The van der Waals surface area contributed by atoms with Crippen molar-refractivity contribution < 1.29 is 13.2 Å². The number of rotatable bonds is 2.